The number of fused-ring (bicyclic) bond motifs is 1. The fourth-order valence-corrected chi connectivity index (χ4v) is 1.52. The molecule has 0 aliphatic heterocycles. The summed E-state index contributed by atoms with van der Waals surface area (Å²) < 4.78 is 4.82. The van der Waals surface area contributed by atoms with Crippen LogP contribution in [0, 0.1) is 6.92 Å². The molecule has 0 saturated heterocycles. The van der Waals surface area contributed by atoms with Crippen LogP contribution in [0.2, 0.25) is 0 Å². The largest absolute Gasteiger partial charge is 0.508 e. The van der Waals surface area contributed by atoms with Gasteiger partial charge in [-0.3, -0.25) is 0 Å². The summed E-state index contributed by atoms with van der Waals surface area (Å²) >= 11 is 0. The Morgan fingerprint density at radius 1 is 1.31 bits per heavy atom. The van der Waals surface area contributed by atoms with Crippen LogP contribution in [0.3, 0.4) is 0 Å². The Kier molecular flexibility index (Phi) is 2.16. The smallest absolute Gasteiger partial charge is 0.351 e. The van der Waals surface area contributed by atoms with Crippen molar-refractivity contribution in [2.24, 2.45) is 0 Å². The number of phenolic OH excluding ortho intramolecular Hbond substituents is 1. The average molecular weight is 220 g/mol. The minimum absolute atomic E-state index is 0.0313. The number of phenols is 1. The molecular formula is C11H8O5. The van der Waals surface area contributed by atoms with Crippen LogP contribution in [0.15, 0.2) is 27.4 Å². The standard InChI is InChI=1S/C11H8O5/c1-5-2-6(12)3-9-7(5)4-8(10(13)14)11(15)16-9/h2-4,12H,1H3,(H,13,14). The molecule has 5 nitrogen and oxygen atoms in total. The lowest BCUT2D eigenvalue weighted by Gasteiger charge is -2.02. The highest BCUT2D eigenvalue weighted by atomic mass is 16.4. The lowest BCUT2D eigenvalue weighted by Crippen LogP contribution is -2.13. The van der Waals surface area contributed by atoms with Crippen molar-refractivity contribution in [2.75, 3.05) is 0 Å². The van der Waals surface area contributed by atoms with E-state index in [2.05, 4.69) is 0 Å². The number of aryl methyl sites for hydroxylation is 1. The Labute approximate surface area is 89.6 Å². The Balaban J connectivity index is 2.90. The highest BCUT2D eigenvalue weighted by Crippen LogP contribution is 2.23. The van der Waals surface area contributed by atoms with Crippen LogP contribution in [0.4, 0.5) is 0 Å². The van der Waals surface area contributed by atoms with E-state index in [9.17, 15) is 14.7 Å². The fraction of sp³-hybridized carbons (Fsp3) is 0.0909. The summed E-state index contributed by atoms with van der Waals surface area (Å²) in [4.78, 5) is 22.0. The number of carboxylic acids is 1. The Bertz CT molecular complexity index is 639. The molecule has 0 radical (unpaired) electrons. The van der Waals surface area contributed by atoms with E-state index in [1.165, 1.54) is 18.2 Å². The number of carbonyl (C=O) groups is 1. The number of hydrogen-bond donors (Lipinski definition) is 2. The molecule has 0 aliphatic carbocycles. The van der Waals surface area contributed by atoms with Crippen molar-refractivity contribution in [3.8, 4) is 5.75 Å². The van der Waals surface area contributed by atoms with Gasteiger partial charge >= 0.3 is 11.6 Å². The number of aromatic carboxylic acids is 1. The van der Waals surface area contributed by atoms with Gasteiger partial charge in [0.05, 0.1) is 0 Å². The minimum Gasteiger partial charge on any atom is -0.508 e. The summed E-state index contributed by atoms with van der Waals surface area (Å²) in [6.07, 6.45) is 0. The van der Waals surface area contributed by atoms with Crippen molar-refractivity contribution < 1.29 is 19.4 Å². The molecule has 0 unspecified atom stereocenters. The van der Waals surface area contributed by atoms with Gasteiger partial charge < -0.3 is 14.6 Å². The SMILES string of the molecule is Cc1cc(O)cc2oc(=O)c(C(=O)O)cc12. The molecule has 0 bridgehead atoms. The van der Waals surface area contributed by atoms with Gasteiger partial charge in [0.2, 0.25) is 0 Å². The highest BCUT2D eigenvalue weighted by Gasteiger charge is 2.13. The van der Waals surface area contributed by atoms with E-state index < -0.39 is 17.2 Å². The van der Waals surface area contributed by atoms with Crippen LogP contribution in [-0.4, -0.2) is 16.2 Å². The molecule has 0 aliphatic rings. The highest BCUT2D eigenvalue weighted by molar-refractivity contribution is 5.92. The Hall–Kier alpha value is -2.30. The molecule has 5 heteroatoms. The second kappa shape index (κ2) is 3.37. The molecule has 82 valence electrons. The van der Waals surface area contributed by atoms with Gasteiger partial charge in [-0.2, -0.15) is 0 Å². The summed E-state index contributed by atoms with van der Waals surface area (Å²) in [5, 5.41) is 18.6. The lowest BCUT2D eigenvalue weighted by atomic mass is 10.1. The second-order valence-corrected chi connectivity index (χ2v) is 3.43. The van der Waals surface area contributed by atoms with Gasteiger partial charge in [-0.25, -0.2) is 9.59 Å². The van der Waals surface area contributed by atoms with Crippen LogP contribution in [-0.2, 0) is 0 Å². The van der Waals surface area contributed by atoms with Gasteiger partial charge in [0.15, 0.2) is 0 Å². The number of rotatable bonds is 1. The summed E-state index contributed by atoms with van der Waals surface area (Å²) in [7, 11) is 0. The average Bonchev–Trinajstić information content (AvgIpc) is 2.15. The van der Waals surface area contributed by atoms with Crippen LogP contribution in [0.25, 0.3) is 11.0 Å². The van der Waals surface area contributed by atoms with Crippen molar-refractivity contribution in [1.29, 1.82) is 0 Å². The van der Waals surface area contributed by atoms with Gasteiger partial charge in [-0.15, -0.1) is 0 Å². The van der Waals surface area contributed by atoms with Crippen LogP contribution >= 0.6 is 0 Å². The number of aromatic hydroxyl groups is 1. The first-order chi connectivity index (χ1) is 7.49. The lowest BCUT2D eigenvalue weighted by molar-refractivity contribution is 0.0692. The molecule has 0 fully saturated rings. The molecule has 1 aromatic carbocycles. The number of hydrogen-bond acceptors (Lipinski definition) is 4. The van der Waals surface area contributed by atoms with E-state index in [0.29, 0.717) is 10.9 Å². The molecule has 1 heterocycles. The van der Waals surface area contributed by atoms with E-state index in [-0.39, 0.29) is 11.3 Å². The zero-order valence-corrected chi connectivity index (χ0v) is 8.35. The van der Waals surface area contributed by atoms with Crippen molar-refractivity contribution in [3.05, 3.63) is 39.7 Å². The first kappa shape index (κ1) is 10.2. The van der Waals surface area contributed by atoms with Gasteiger partial charge in [0.1, 0.15) is 16.9 Å². The van der Waals surface area contributed by atoms with Crippen molar-refractivity contribution in [2.45, 2.75) is 6.92 Å². The minimum atomic E-state index is -1.33. The Morgan fingerprint density at radius 3 is 2.62 bits per heavy atom. The maximum Gasteiger partial charge on any atom is 0.351 e. The molecule has 0 atom stereocenters. The Morgan fingerprint density at radius 2 is 2.00 bits per heavy atom. The molecule has 16 heavy (non-hydrogen) atoms. The van der Waals surface area contributed by atoms with E-state index in [0.717, 1.165) is 0 Å². The van der Waals surface area contributed by atoms with Crippen molar-refractivity contribution >= 4 is 16.9 Å². The normalized spacial score (nSPS) is 10.6. The monoisotopic (exact) mass is 220 g/mol. The van der Waals surface area contributed by atoms with E-state index in [4.69, 9.17) is 9.52 Å². The van der Waals surface area contributed by atoms with Crippen LogP contribution < -0.4 is 5.63 Å². The molecule has 2 aromatic rings. The number of benzene rings is 1. The van der Waals surface area contributed by atoms with Crippen LogP contribution in [0.1, 0.15) is 15.9 Å². The maximum absolute atomic E-state index is 11.3. The summed E-state index contributed by atoms with van der Waals surface area (Å²) in [5.74, 6) is -1.36. The third kappa shape index (κ3) is 1.52. The maximum atomic E-state index is 11.3. The first-order valence-electron chi connectivity index (χ1n) is 4.50. The third-order valence-electron chi connectivity index (χ3n) is 2.28. The first-order valence-corrected chi connectivity index (χ1v) is 4.50. The molecule has 2 rings (SSSR count). The predicted octanol–water partition coefficient (Wildman–Crippen LogP) is 1.51. The van der Waals surface area contributed by atoms with Crippen LogP contribution in [0.5, 0.6) is 5.75 Å². The molecule has 0 spiro atoms. The van der Waals surface area contributed by atoms with Crippen molar-refractivity contribution in [1.82, 2.24) is 0 Å². The fourth-order valence-electron chi connectivity index (χ4n) is 1.52. The number of carboxylic acid groups (broad SMARTS) is 1. The van der Waals surface area contributed by atoms with E-state index in [1.54, 1.807) is 6.92 Å². The van der Waals surface area contributed by atoms with Crippen molar-refractivity contribution in [3.63, 3.8) is 0 Å². The summed E-state index contributed by atoms with van der Waals surface area (Å²) in [5.41, 5.74) is -0.528. The third-order valence-corrected chi connectivity index (χ3v) is 2.28. The quantitative estimate of drug-likeness (QED) is 0.711. The van der Waals surface area contributed by atoms with Gasteiger partial charge in [0.25, 0.3) is 0 Å². The van der Waals surface area contributed by atoms with Gasteiger partial charge in [-0.1, -0.05) is 0 Å². The zero-order valence-electron chi connectivity index (χ0n) is 8.35. The summed E-state index contributed by atoms with van der Waals surface area (Å²) in [6.45, 7) is 1.69. The van der Waals surface area contributed by atoms with Gasteiger partial charge in [-0.05, 0) is 24.6 Å². The van der Waals surface area contributed by atoms with E-state index in [1.807, 2.05) is 0 Å². The second-order valence-electron chi connectivity index (χ2n) is 3.43. The summed E-state index contributed by atoms with van der Waals surface area (Å²) in [6, 6.07) is 3.99. The molecule has 0 amide bonds. The topological polar surface area (TPSA) is 87.7 Å². The molecule has 1 aromatic heterocycles. The predicted molar refractivity (Wildman–Crippen MR) is 55.8 cm³/mol. The van der Waals surface area contributed by atoms with E-state index >= 15 is 0 Å². The molecule has 0 saturated carbocycles. The van der Waals surface area contributed by atoms with Gasteiger partial charge in [0, 0.05) is 11.5 Å². The zero-order chi connectivity index (χ0) is 11.9. The molecular weight excluding hydrogens is 212 g/mol. The molecule has 2 N–H and O–H groups in total.